The molecule has 13 heteroatoms. The van der Waals surface area contributed by atoms with Crippen LogP contribution < -0.4 is 10.6 Å². The first kappa shape index (κ1) is 20.6. The summed E-state index contributed by atoms with van der Waals surface area (Å²) in [6.07, 6.45) is -10.0. The van der Waals surface area contributed by atoms with Crippen LogP contribution in [0.15, 0.2) is 6.20 Å². The molecule has 1 aromatic heterocycles. The number of aryl methyl sites for hydroxylation is 1. The number of alkyl halides is 6. The van der Waals surface area contributed by atoms with Crippen molar-refractivity contribution in [1.29, 1.82) is 0 Å². The maximum atomic E-state index is 12.8. The lowest BCUT2D eigenvalue weighted by Crippen LogP contribution is -2.43. The van der Waals surface area contributed by atoms with Crippen molar-refractivity contribution in [1.82, 2.24) is 20.4 Å². The summed E-state index contributed by atoms with van der Waals surface area (Å²) >= 11 is 0. The van der Waals surface area contributed by atoms with Gasteiger partial charge in [0, 0.05) is 25.8 Å². The molecule has 25 heavy (non-hydrogen) atoms. The Morgan fingerprint density at radius 2 is 1.88 bits per heavy atom. The van der Waals surface area contributed by atoms with Crippen molar-refractivity contribution in [2.45, 2.75) is 25.3 Å². The molecule has 0 aliphatic heterocycles. The Morgan fingerprint density at radius 1 is 1.28 bits per heavy atom. The molecular weight excluding hydrogens is 362 g/mol. The van der Waals surface area contributed by atoms with E-state index in [1.165, 1.54) is 14.0 Å². The second kappa shape index (κ2) is 7.61. The number of hydrogen-bond donors (Lipinski definition) is 2. The first-order valence-electron chi connectivity index (χ1n) is 6.68. The first-order chi connectivity index (χ1) is 11.3. The Kier molecular flexibility index (Phi) is 6.26. The molecule has 0 fully saturated rings. The van der Waals surface area contributed by atoms with E-state index in [2.05, 4.69) is 15.2 Å². The molecule has 0 saturated carbocycles. The monoisotopic (exact) mass is 376 g/mol. The van der Waals surface area contributed by atoms with E-state index in [9.17, 15) is 35.9 Å². The van der Waals surface area contributed by atoms with Gasteiger partial charge in [-0.05, 0) is 6.92 Å². The average Bonchev–Trinajstić information content (AvgIpc) is 2.84. The summed E-state index contributed by atoms with van der Waals surface area (Å²) in [6, 6.07) is -0.893. The molecule has 142 valence electrons. The van der Waals surface area contributed by atoms with Crippen molar-refractivity contribution in [3.05, 3.63) is 17.5 Å². The molecule has 2 amide bonds. The van der Waals surface area contributed by atoms with E-state index in [4.69, 9.17) is 0 Å². The zero-order valence-electron chi connectivity index (χ0n) is 13.0. The van der Waals surface area contributed by atoms with Crippen molar-refractivity contribution in [2.24, 2.45) is 7.05 Å². The Labute approximate surface area is 137 Å². The van der Waals surface area contributed by atoms with Crippen LogP contribution in [0.2, 0.25) is 0 Å². The fraction of sp³-hybridized carbons (Fsp3) is 0.583. The Morgan fingerprint density at radius 3 is 2.40 bits per heavy atom. The molecule has 1 atom stereocenters. The SMILES string of the molecule is CC(CNC(=O)c1cn(C)nc1C(F)(F)F)NC(=O)OCC(F)(F)F. The third-order valence-electron chi connectivity index (χ3n) is 2.64. The van der Waals surface area contributed by atoms with Crippen molar-refractivity contribution >= 4 is 12.0 Å². The minimum atomic E-state index is -4.83. The second-order valence-corrected chi connectivity index (χ2v) is 5.01. The number of ether oxygens (including phenoxy) is 1. The van der Waals surface area contributed by atoms with Gasteiger partial charge in [0.15, 0.2) is 12.3 Å². The van der Waals surface area contributed by atoms with E-state index in [0.29, 0.717) is 0 Å². The van der Waals surface area contributed by atoms with Crippen molar-refractivity contribution in [3.8, 4) is 0 Å². The van der Waals surface area contributed by atoms with E-state index < -0.39 is 48.3 Å². The maximum Gasteiger partial charge on any atom is 0.435 e. The molecule has 0 aromatic carbocycles. The van der Waals surface area contributed by atoms with Crippen LogP contribution in [0.4, 0.5) is 31.1 Å². The summed E-state index contributed by atoms with van der Waals surface area (Å²) in [5.74, 6) is -1.10. The van der Waals surface area contributed by atoms with Gasteiger partial charge in [-0.25, -0.2) is 4.79 Å². The van der Waals surface area contributed by atoms with E-state index in [1.54, 1.807) is 0 Å². The Bertz CT molecular complexity index is 625. The van der Waals surface area contributed by atoms with Crippen LogP contribution in [-0.2, 0) is 18.0 Å². The number of nitrogens with zero attached hydrogens (tertiary/aromatic N) is 2. The highest BCUT2D eigenvalue weighted by Gasteiger charge is 2.39. The summed E-state index contributed by atoms with van der Waals surface area (Å²) in [6.45, 7) is -0.822. The molecule has 1 unspecified atom stereocenters. The van der Waals surface area contributed by atoms with Crippen LogP contribution in [0.1, 0.15) is 23.0 Å². The largest absolute Gasteiger partial charge is 0.440 e. The van der Waals surface area contributed by atoms with Crippen LogP contribution in [0, 0.1) is 0 Å². The molecule has 0 radical (unpaired) electrons. The molecule has 0 spiro atoms. The molecule has 1 aromatic rings. The van der Waals surface area contributed by atoms with Gasteiger partial charge in [-0.15, -0.1) is 0 Å². The van der Waals surface area contributed by atoms with Gasteiger partial charge >= 0.3 is 18.4 Å². The van der Waals surface area contributed by atoms with Crippen molar-refractivity contribution in [2.75, 3.05) is 13.2 Å². The van der Waals surface area contributed by atoms with Crippen LogP contribution in [-0.4, -0.2) is 47.2 Å². The molecule has 0 aliphatic rings. The summed E-state index contributed by atoms with van der Waals surface area (Å²) in [7, 11) is 1.20. The summed E-state index contributed by atoms with van der Waals surface area (Å²) < 4.78 is 78.6. The van der Waals surface area contributed by atoms with Gasteiger partial charge in [0.1, 0.15) is 0 Å². The number of nitrogens with one attached hydrogen (secondary N) is 2. The lowest BCUT2D eigenvalue weighted by atomic mass is 10.2. The Balaban J connectivity index is 2.56. The number of halogens is 6. The molecule has 1 heterocycles. The van der Waals surface area contributed by atoms with Crippen molar-refractivity contribution < 1.29 is 40.7 Å². The van der Waals surface area contributed by atoms with Gasteiger partial charge in [-0.1, -0.05) is 0 Å². The van der Waals surface area contributed by atoms with Crippen molar-refractivity contribution in [3.63, 3.8) is 0 Å². The molecule has 0 saturated heterocycles. The van der Waals surface area contributed by atoms with Gasteiger partial charge in [0.25, 0.3) is 5.91 Å². The van der Waals surface area contributed by atoms with E-state index in [-0.39, 0.29) is 6.54 Å². The number of hydrogen-bond acceptors (Lipinski definition) is 4. The molecule has 0 bridgehead atoms. The smallest absolute Gasteiger partial charge is 0.435 e. The summed E-state index contributed by atoms with van der Waals surface area (Å²) in [5.41, 5.74) is -2.10. The van der Waals surface area contributed by atoms with Crippen LogP contribution >= 0.6 is 0 Å². The van der Waals surface area contributed by atoms with Gasteiger partial charge < -0.3 is 15.4 Å². The van der Waals surface area contributed by atoms with E-state index in [0.717, 1.165) is 10.9 Å². The zero-order chi connectivity index (χ0) is 19.4. The molecule has 0 aliphatic carbocycles. The van der Waals surface area contributed by atoms with Gasteiger partial charge in [-0.3, -0.25) is 9.48 Å². The third-order valence-corrected chi connectivity index (χ3v) is 2.64. The minimum Gasteiger partial charge on any atom is -0.440 e. The lowest BCUT2D eigenvalue weighted by Gasteiger charge is -2.15. The number of rotatable bonds is 5. The zero-order valence-corrected chi connectivity index (χ0v) is 13.0. The lowest BCUT2D eigenvalue weighted by molar-refractivity contribution is -0.160. The van der Waals surface area contributed by atoms with Gasteiger partial charge in [0.05, 0.1) is 5.56 Å². The maximum absolute atomic E-state index is 12.8. The van der Waals surface area contributed by atoms with Crippen LogP contribution in [0.3, 0.4) is 0 Å². The highest BCUT2D eigenvalue weighted by Crippen LogP contribution is 2.30. The molecule has 7 nitrogen and oxygen atoms in total. The highest BCUT2D eigenvalue weighted by atomic mass is 19.4. The fourth-order valence-electron chi connectivity index (χ4n) is 1.65. The number of carbonyl (C=O) groups is 2. The van der Waals surface area contributed by atoms with Crippen LogP contribution in [0.5, 0.6) is 0 Å². The third kappa shape index (κ3) is 6.89. The quantitative estimate of drug-likeness (QED) is 0.768. The predicted molar refractivity (Wildman–Crippen MR) is 70.5 cm³/mol. The number of amides is 2. The number of alkyl carbamates (subject to hydrolysis) is 1. The van der Waals surface area contributed by atoms with Crippen LogP contribution in [0.25, 0.3) is 0 Å². The Hall–Kier alpha value is -2.47. The minimum absolute atomic E-state index is 0.341. The molecular formula is C12H14F6N4O3. The van der Waals surface area contributed by atoms with Gasteiger partial charge in [-0.2, -0.15) is 31.4 Å². The normalized spacial score (nSPS) is 13.3. The fourth-order valence-corrected chi connectivity index (χ4v) is 1.65. The summed E-state index contributed by atoms with van der Waals surface area (Å²) in [4.78, 5) is 22.9. The van der Waals surface area contributed by atoms with Gasteiger partial charge in [0.2, 0.25) is 0 Å². The first-order valence-corrected chi connectivity index (χ1v) is 6.68. The molecule has 1 rings (SSSR count). The highest BCUT2D eigenvalue weighted by molar-refractivity contribution is 5.95. The van der Waals surface area contributed by atoms with E-state index >= 15 is 0 Å². The number of aromatic nitrogens is 2. The van der Waals surface area contributed by atoms with E-state index in [1.807, 2.05) is 5.32 Å². The topological polar surface area (TPSA) is 85.3 Å². The summed E-state index contributed by atoms with van der Waals surface area (Å²) in [5, 5.41) is 7.27. The number of carbonyl (C=O) groups excluding carboxylic acids is 2. The predicted octanol–water partition coefficient (Wildman–Crippen LogP) is 1.85. The second-order valence-electron chi connectivity index (χ2n) is 5.01. The average molecular weight is 376 g/mol. The molecule has 2 N–H and O–H groups in total. The standard InChI is InChI=1S/C12H14F6N4O3/c1-6(20-10(24)25-5-11(13,14)15)3-19-9(23)7-4-22(2)21-8(7)12(16,17)18/h4,6H,3,5H2,1-2H3,(H,19,23)(H,20,24).